The zero-order valence-electron chi connectivity index (χ0n) is 8.14. The maximum atomic E-state index is 11.4. The second kappa shape index (κ2) is 4.29. The Morgan fingerprint density at radius 2 is 2.07 bits per heavy atom. The van der Waals surface area contributed by atoms with Gasteiger partial charge in [-0.3, -0.25) is 0 Å². The number of nitrogens with two attached hydrogens (primary N) is 2. The molecule has 5 heteroatoms. The third kappa shape index (κ3) is 2.26. The van der Waals surface area contributed by atoms with Gasteiger partial charge in [-0.1, -0.05) is 18.2 Å². The molecule has 0 aromatic heterocycles. The van der Waals surface area contributed by atoms with E-state index in [2.05, 4.69) is 11.7 Å². The highest BCUT2D eigenvalue weighted by molar-refractivity contribution is 5.82. The molecule has 0 unspecified atom stereocenters. The molecule has 5 nitrogen and oxygen atoms in total. The van der Waals surface area contributed by atoms with Crippen LogP contribution in [0.5, 0.6) is 5.75 Å². The van der Waals surface area contributed by atoms with Crippen molar-refractivity contribution in [2.24, 2.45) is 11.5 Å². The third-order valence-corrected chi connectivity index (χ3v) is 1.92. The smallest absolute Gasteiger partial charge is 0.345 e. The molecule has 0 aliphatic rings. The summed E-state index contributed by atoms with van der Waals surface area (Å²) in [7, 11) is 0. The van der Waals surface area contributed by atoms with Gasteiger partial charge in [-0.05, 0) is 13.0 Å². The van der Waals surface area contributed by atoms with Crippen LogP contribution in [0.2, 0.25) is 0 Å². The maximum absolute atomic E-state index is 11.4. The van der Waals surface area contributed by atoms with E-state index in [4.69, 9.17) is 11.5 Å². The number of ether oxygens (including phenoxy) is 1. The number of esters is 1. The molecular formula is C10H13N2O3. The fourth-order valence-corrected chi connectivity index (χ4v) is 1.15. The number of carbonyl (C=O) groups excluding carboxylic acids is 1. The van der Waals surface area contributed by atoms with E-state index in [0.29, 0.717) is 0 Å². The predicted octanol–water partition coefficient (Wildman–Crippen LogP) is -0.160. The normalized spacial score (nSPS) is 11.1. The van der Waals surface area contributed by atoms with E-state index in [9.17, 15) is 9.90 Å². The largest absolute Gasteiger partial charge is 0.508 e. The van der Waals surface area contributed by atoms with E-state index < -0.39 is 11.6 Å². The lowest BCUT2D eigenvalue weighted by Crippen LogP contribution is -2.54. The Bertz CT molecular complexity index is 363. The first kappa shape index (κ1) is 11.5. The highest BCUT2D eigenvalue weighted by atomic mass is 16.5. The average molecular weight is 209 g/mol. The number of rotatable bonds is 3. The summed E-state index contributed by atoms with van der Waals surface area (Å²) in [6.07, 6.45) is 0. The number of phenolic OH excluding ortho intramolecular Hbond substituents is 1. The third-order valence-electron chi connectivity index (χ3n) is 1.92. The molecule has 1 radical (unpaired) electrons. The van der Waals surface area contributed by atoms with E-state index in [1.165, 1.54) is 12.1 Å². The molecule has 1 aromatic rings. The van der Waals surface area contributed by atoms with Crippen molar-refractivity contribution < 1.29 is 14.6 Å². The van der Waals surface area contributed by atoms with Gasteiger partial charge in [0.1, 0.15) is 5.75 Å². The lowest BCUT2D eigenvalue weighted by Gasteiger charge is -2.23. The molecule has 0 bridgehead atoms. The number of benzene rings is 1. The van der Waals surface area contributed by atoms with Crippen LogP contribution in [0.3, 0.4) is 0 Å². The first-order chi connectivity index (χ1) is 7.00. The average Bonchev–Trinajstić information content (AvgIpc) is 2.18. The summed E-state index contributed by atoms with van der Waals surface area (Å²) in [5.41, 5.74) is 9.42. The van der Waals surface area contributed by atoms with Crippen LogP contribution in [-0.4, -0.2) is 17.7 Å². The zero-order valence-corrected chi connectivity index (χ0v) is 8.14. The SMILES string of the molecule is [CH2]COC(=O)C(N)(N)c1ccccc1O. The fraction of sp³-hybridized carbons (Fsp3) is 0.200. The summed E-state index contributed by atoms with van der Waals surface area (Å²) in [5, 5.41) is 9.48. The molecule has 1 aromatic carbocycles. The van der Waals surface area contributed by atoms with Crippen LogP contribution < -0.4 is 11.5 Å². The van der Waals surface area contributed by atoms with Crippen molar-refractivity contribution in [2.75, 3.05) is 6.61 Å². The summed E-state index contributed by atoms with van der Waals surface area (Å²) < 4.78 is 4.60. The molecule has 81 valence electrons. The Morgan fingerprint density at radius 1 is 1.47 bits per heavy atom. The molecule has 0 amide bonds. The minimum absolute atomic E-state index is 0.0669. The van der Waals surface area contributed by atoms with E-state index in [-0.39, 0.29) is 17.9 Å². The van der Waals surface area contributed by atoms with Gasteiger partial charge in [-0.15, -0.1) is 0 Å². The van der Waals surface area contributed by atoms with Gasteiger partial charge in [0.05, 0.1) is 6.61 Å². The molecule has 0 atom stereocenters. The molecule has 0 saturated carbocycles. The maximum Gasteiger partial charge on any atom is 0.345 e. The summed E-state index contributed by atoms with van der Waals surface area (Å²) >= 11 is 0. The molecule has 15 heavy (non-hydrogen) atoms. The Kier molecular flexibility index (Phi) is 3.28. The monoisotopic (exact) mass is 209 g/mol. The van der Waals surface area contributed by atoms with E-state index in [1.807, 2.05) is 0 Å². The molecular weight excluding hydrogens is 196 g/mol. The van der Waals surface area contributed by atoms with Crippen LogP contribution in [0, 0.1) is 6.92 Å². The second-order valence-electron chi connectivity index (χ2n) is 3.02. The van der Waals surface area contributed by atoms with Crippen molar-refractivity contribution in [3.8, 4) is 5.75 Å². The highest BCUT2D eigenvalue weighted by Gasteiger charge is 2.35. The minimum Gasteiger partial charge on any atom is -0.508 e. The van der Waals surface area contributed by atoms with Gasteiger partial charge in [-0.2, -0.15) is 0 Å². The Labute approximate surface area is 87.6 Å². The van der Waals surface area contributed by atoms with Crippen LogP contribution in [0.25, 0.3) is 0 Å². The molecule has 0 spiro atoms. The van der Waals surface area contributed by atoms with Crippen molar-refractivity contribution >= 4 is 5.97 Å². The van der Waals surface area contributed by atoms with Gasteiger partial charge in [0, 0.05) is 5.56 Å². The second-order valence-corrected chi connectivity index (χ2v) is 3.02. The first-order valence-corrected chi connectivity index (χ1v) is 4.33. The summed E-state index contributed by atoms with van der Waals surface area (Å²) in [5.74, 6) is -0.984. The van der Waals surface area contributed by atoms with Crippen molar-refractivity contribution in [1.82, 2.24) is 0 Å². The number of phenols is 1. The van der Waals surface area contributed by atoms with E-state index in [0.717, 1.165) is 0 Å². The molecule has 1 rings (SSSR count). The minimum atomic E-state index is -1.86. The number of aromatic hydroxyl groups is 1. The van der Waals surface area contributed by atoms with Gasteiger partial charge in [0.2, 0.25) is 0 Å². The van der Waals surface area contributed by atoms with Crippen molar-refractivity contribution in [2.45, 2.75) is 5.66 Å². The van der Waals surface area contributed by atoms with Gasteiger partial charge in [-0.25, -0.2) is 4.79 Å². The topological polar surface area (TPSA) is 98.6 Å². The number of carbonyl (C=O) groups is 1. The molecule has 0 fully saturated rings. The standard InChI is InChI=1S/C10H13N2O3/c1-2-15-9(14)10(11,12)7-5-3-4-6-8(7)13/h3-6,13H,1-2,11-12H2. The number of para-hydroxylation sites is 1. The molecule has 0 saturated heterocycles. The number of hydrogen-bond acceptors (Lipinski definition) is 5. The van der Waals surface area contributed by atoms with E-state index in [1.54, 1.807) is 12.1 Å². The van der Waals surface area contributed by atoms with Gasteiger partial charge < -0.3 is 21.3 Å². The van der Waals surface area contributed by atoms with Crippen LogP contribution >= 0.6 is 0 Å². The first-order valence-electron chi connectivity index (χ1n) is 4.33. The predicted molar refractivity (Wildman–Crippen MR) is 54.5 cm³/mol. The highest BCUT2D eigenvalue weighted by Crippen LogP contribution is 2.24. The Balaban J connectivity index is 3.05. The van der Waals surface area contributed by atoms with E-state index >= 15 is 0 Å². The van der Waals surface area contributed by atoms with Crippen molar-refractivity contribution in [1.29, 1.82) is 0 Å². The summed E-state index contributed by atoms with van der Waals surface area (Å²) in [4.78, 5) is 11.4. The van der Waals surface area contributed by atoms with Crippen LogP contribution in [0.4, 0.5) is 0 Å². The molecule has 0 heterocycles. The lowest BCUT2D eigenvalue weighted by atomic mass is 10.0. The quantitative estimate of drug-likeness (QED) is 0.474. The summed E-state index contributed by atoms with van der Waals surface area (Å²) in [6, 6.07) is 6.06. The van der Waals surface area contributed by atoms with Gasteiger partial charge in [0.25, 0.3) is 0 Å². The molecule has 0 aliphatic carbocycles. The number of hydrogen-bond donors (Lipinski definition) is 3. The van der Waals surface area contributed by atoms with Crippen molar-refractivity contribution in [3.63, 3.8) is 0 Å². The summed E-state index contributed by atoms with van der Waals surface area (Å²) in [6.45, 7) is 3.27. The molecule has 0 aliphatic heterocycles. The Morgan fingerprint density at radius 3 is 2.60 bits per heavy atom. The Hall–Kier alpha value is -1.59. The van der Waals surface area contributed by atoms with Gasteiger partial charge in [0.15, 0.2) is 5.66 Å². The van der Waals surface area contributed by atoms with Crippen LogP contribution in [0.1, 0.15) is 5.56 Å². The fourth-order valence-electron chi connectivity index (χ4n) is 1.15. The molecule has 5 N–H and O–H groups in total. The van der Waals surface area contributed by atoms with Crippen molar-refractivity contribution in [3.05, 3.63) is 36.8 Å². The van der Waals surface area contributed by atoms with Crippen LogP contribution in [0.15, 0.2) is 24.3 Å². The zero-order chi connectivity index (χ0) is 11.5. The lowest BCUT2D eigenvalue weighted by molar-refractivity contribution is -0.149. The van der Waals surface area contributed by atoms with Gasteiger partial charge >= 0.3 is 5.97 Å². The van der Waals surface area contributed by atoms with Crippen LogP contribution in [-0.2, 0) is 15.2 Å².